The van der Waals surface area contributed by atoms with E-state index in [0.717, 1.165) is 0 Å². The minimum Gasteiger partial charge on any atom is -0.467 e. The van der Waals surface area contributed by atoms with E-state index in [2.05, 4.69) is 19.5 Å². The van der Waals surface area contributed by atoms with Crippen molar-refractivity contribution in [2.75, 3.05) is 14.2 Å². The summed E-state index contributed by atoms with van der Waals surface area (Å²) in [5.41, 5.74) is -0.798. The molecule has 0 aromatic heterocycles. The first-order valence-corrected chi connectivity index (χ1v) is 4.28. The third-order valence-corrected chi connectivity index (χ3v) is 2.26. The number of esters is 2. The summed E-state index contributed by atoms with van der Waals surface area (Å²) in [6.45, 7) is 3.14. The van der Waals surface area contributed by atoms with E-state index in [9.17, 15) is 9.59 Å². The maximum absolute atomic E-state index is 11.4. The van der Waals surface area contributed by atoms with Crippen molar-refractivity contribution in [1.29, 1.82) is 0 Å². The Kier molecular flexibility index (Phi) is 2.88. The van der Waals surface area contributed by atoms with Crippen LogP contribution in [-0.4, -0.2) is 43.2 Å². The van der Waals surface area contributed by atoms with Gasteiger partial charge in [-0.05, 0) is 13.8 Å². The smallest absolute Gasteiger partial charge is 0.375 e. The SMILES string of the molecule is COC(=O)C1=NC(C)(C(=O)OC)C(C)=N1. The van der Waals surface area contributed by atoms with Crippen molar-refractivity contribution in [2.24, 2.45) is 9.98 Å². The predicted octanol–water partition coefficient (Wildman–Crippen LogP) is -0.0359. The largest absolute Gasteiger partial charge is 0.467 e. The molecule has 6 heteroatoms. The molecule has 0 bridgehead atoms. The normalized spacial score (nSPS) is 24.3. The van der Waals surface area contributed by atoms with Crippen molar-refractivity contribution in [2.45, 2.75) is 19.4 Å². The molecule has 0 N–H and O–H groups in total. The van der Waals surface area contributed by atoms with Gasteiger partial charge in [-0.2, -0.15) is 0 Å². The molecule has 0 saturated heterocycles. The van der Waals surface area contributed by atoms with Crippen LogP contribution in [0.4, 0.5) is 0 Å². The lowest BCUT2D eigenvalue weighted by molar-refractivity contribution is -0.143. The summed E-state index contributed by atoms with van der Waals surface area (Å²) in [5, 5.41) is 0. The zero-order chi connectivity index (χ0) is 11.6. The molecule has 0 aromatic carbocycles. The third kappa shape index (κ3) is 1.74. The molecule has 1 atom stereocenters. The van der Waals surface area contributed by atoms with Gasteiger partial charge in [0.05, 0.1) is 19.9 Å². The molecule has 0 amide bonds. The quantitative estimate of drug-likeness (QED) is 0.602. The molecule has 6 nitrogen and oxygen atoms in total. The fourth-order valence-corrected chi connectivity index (χ4v) is 1.16. The van der Waals surface area contributed by atoms with Gasteiger partial charge in [0.25, 0.3) is 0 Å². The van der Waals surface area contributed by atoms with Crippen molar-refractivity contribution in [1.82, 2.24) is 0 Å². The summed E-state index contributed by atoms with van der Waals surface area (Å²) in [6.07, 6.45) is 0. The Labute approximate surface area is 87.0 Å². The first kappa shape index (κ1) is 11.4. The number of hydrogen-bond donors (Lipinski definition) is 0. The number of hydrogen-bond acceptors (Lipinski definition) is 6. The van der Waals surface area contributed by atoms with Crippen LogP contribution < -0.4 is 0 Å². The van der Waals surface area contributed by atoms with Gasteiger partial charge >= 0.3 is 11.9 Å². The van der Waals surface area contributed by atoms with E-state index >= 15 is 0 Å². The Bertz CT molecular complexity index is 372. The molecule has 1 unspecified atom stereocenters. The zero-order valence-corrected chi connectivity index (χ0v) is 9.03. The Morgan fingerprint density at radius 1 is 1.27 bits per heavy atom. The Hall–Kier alpha value is -1.72. The highest BCUT2D eigenvalue weighted by atomic mass is 16.5. The van der Waals surface area contributed by atoms with Crippen LogP contribution in [0.5, 0.6) is 0 Å². The van der Waals surface area contributed by atoms with Gasteiger partial charge in [-0.1, -0.05) is 0 Å². The summed E-state index contributed by atoms with van der Waals surface area (Å²) in [7, 11) is 2.48. The topological polar surface area (TPSA) is 77.3 Å². The second kappa shape index (κ2) is 3.80. The van der Waals surface area contributed by atoms with E-state index in [1.807, 2.05) is 0 Å². The summed E-state index contributed by atoms with van der Waals surface area (Å²) in [6, 6.07) is 0. The molecule has 15 heavy (non-hydrogen) atoms. The summed E-state index contributed by atoms with van der Waals surface area (Å²) < 4.78 is 9.05. The monoisotopic (exact) mass is 212 g/mol. The van der Waals surface area contributed by atoms with E-state index in [1.165, 1.54) is 21.1 Å². The van der Waals surface area contributed by atoms with Gasteiger partial charge in [0.15, 0.2) is 5.54 Å². The molecular formula is C9H12N2O4. The van der Waals surface area contributed by atoms with Crippen molar-refractivity contribution in [3.8, 4) is 0 Å². The van der Waals surface area contributed by atoms with Gasteiger partial charge in [-0.15, -0.1) is 0 Å². The summed E-state index contributed by atoms with van der Waals surface area (Å²) >= 11 is 0. The van der Waals surface area contributed by atoms with Crippen LogP contribution in [0.25, 0.3) is 0 Å². The van der Waals surface area contributed by atoms with Crippen LogP contribution in [0.3, 0.4) is 0 Å². The molecular weight excluding hydrogens is 200 g/mol. The van der Waals surface area contributed by atoms with Crippen LogP contribution >= 0.6 is 0 Å². The summed E-state index contributed by atoms with van der Waals surface area (Å²) in [4.78, 5) is 30.4. The molecule has 0 aliphatic carbocycles. The molecule has 1 aliphatic heterocycles. The highest BCUT2D eigenvalue weighted by Crippen LogP contribution is 2.21. The maximum atomic E-state index is 11.4. The number of rotatable bonds is 2. The molecule has 0 saturated carbocycles. The van der Waals surface area contributed by atoms with Crippen LogP contribution in [0.15, 0.2) is 9.98 Å². The zero-order valence-electron chi connectivity index (χ0n) is 9.03. The third-order valence-electron chi connectivity index (χ3n) is 2.26. The van der Waals surface area contributed by atoms with E-state index < -0.39 is 17.5 Å². The number of carbonyl (C=O) groups is 2. The number of carbonyl (C=O) groups excluding carboxylic acids is 2. The van der Waals surface area contributed by atoms with Crippen LogP contribution in [0, 0.1) is 0 Å². The number of nitrogens with zero attached hydrogens (tertiary/aromatic N) is 2. The van der Waals surface area contributed by atoms with Crippen molar-refractivity contribution in [3.63, 3.8) is 0 Å². The Morgan fingerprint density at radius 3 is 2.33 bits per heavy atom. The lowest BCUT2D eigenvalue weighted by atomic mass is 9.99. The van der Waals surface area contributed by atoms with E-state index in [4.69, 9.17) is 0 Å². The highest BCUT2D eigenvalue weighted by molar-refractivity contribution is 6.41. The Morgan fingerprint density at radius 2 is 1.87 bits per heavy atom. The molecule has 0 aromatic rings. The van der Waals surface area contributed by atoms with Crippen LogP contribution in [-0.2, 0) is 19.1 Å². The maximum Gasteiger partial charge on any atom is 0.375 e. The minimum absolute atomic E-state index is 0.108. The first-order valence-electron chi connectivity index (χ1n) is 4.28. The average molecular weight is 212 g/mol. The molecule has 1 aliphatic rings. The number of amidine groups is 1. The van der Waals surface area contributed by atoms with Gasteiger partial charge < -0.3 is 9.47 Å². The number of aliphatic imine (C=N–C) groups is 2. The minimum atomic E-state index is -1.21. The fourth-order valence-electron chi connectivity index (χ4n) is 1.16. The van der Waals surface area contributed by atoms with Crippen LogP contribution in [0.2, 0.25) is 0 Å². The van der Waals surface area contributed by atoms with E-state index in [-0.39, 0.29) is 5.84 Å². The van der Waals surface area contributed by atoms with Gasteiger partial charge in [0.2, 0.25) is 5.84 Å². The lowest BCUT2D eigenvalue weighted by Crippen LogP contribution is -2.39. The average Bonchev–Trinajstić information content (AvgIpc) is 2.54. The van der Waals surface area contributed by atoms with Crippen molar-refractivity contribution in [3.05, 3.63) is 0 Å². The van der Waals surface area contributed by atoms with Gasteiger partial charge in [-0.3, -0.25) is 0 Å². The van der Waals surface area contributed by atoms with Crippen molar-refractivity contribution >= 4 is 23.5 Å². The Balaban J connectivity index is 3.07. The van der Waals surface area contributed by atoms with Crippen LogP contribution in [0.1, 0.15) is 13.8 Å². The lowest BCUT2D eigenvalue weighted by Gasteiger charge is -2.16. The molecule has 0 fully saturated rings. The summed E-state index contributed by atoms with van der Waals surface area (Å²) in [5.74, 6) is -1.33. The second-order valence-corrected chi connectivity index (χ2v) is 3.19. The number of methoxy groups -OCH3 is 2. The standard InChI is InChI=1S/C9H12N2O4/c1-5-9(2,8(13)15-4)11-6(10-5)7(12)14-3/h1-4H3. The van der Waals surface area contributed by atoms with E-state index in [1.54, 1.807) is 6.92 Å². The molecule has 1 heterocycles. The van der Waals surface area contributed by atoms with E-state index in [0.29, 0.717) is 5.71 Å². The van der Waals surface area contributed by atoms with Gasteiger partial charge in [0, 0.05) is 0 Å². The number of ether oxygens (including phenoxy) is 2. The molecule has 1 rings (SSSR count). The van der Waals surface area contributed by atoms with Gasteiger partial charge in [-0.25, -0.2) is 19.6 Å². The molecule has 82 valence electrons. The molecule has 0 spiro atoms. The predicted molar refractivity (Wildman–Crippen MR) is 53.0 cm³/mol. The fraction of sp³-hybridized carbons (Fsp3) is 0.556. The van der Waals surface area contributed by atoms with Crippen molar-refractivity contribution < 1.29 is 19.1 Å². The first-order chi connectivity index (χ1) is 6.95. The highest BCUT2D eigenvalue weighted by Gasteiger charge is 2.43. The van der Waals surface area contributed by atoms with Gasteiger partial charge in [0.1, 0.15) is 0 Å². The molecule has 0 radical (unpaired) electrons. The second-order valence-electron chi connectivity index (χ2n) is 3.19.